The van der Waals surface area contributed by atoms with Crippen LogP contribution in [-0.2, 0) is 11.3 Å². The van der Waals surface area contributed by atoms with E-state index in [-0.39, 0.29) is 11.6 Å². The molecule has 1 aliphatic rings. The number of amides is 1. The number of benzene rings is 1. The zero-order chi connectivity index (χ0) is 14.9. The highest BCUT2D eigenvalue weighted by Crippen LogP contribution is 2.26. The topological polar surface area (TPSA) is 32.3 Å². The third-order valence-corrected chi connectivity index (χ3v) is 3.56. The Bertz CT molecular complexity index is 524. The van der Waals surface area contributed by atoms with Crippen LogP contribution in [0.25, 0.3) is 0 Å². The van der Waals surface area contributed by atoms with Gasteiger partial charge in [0.05, 0.1) is 12.6 Å². The Morgan fingerprint density at radius 3 is 2.80 bits per heavy atom. The van der Waals surface area contributed by atoms with Gasteiger partial charge in [-0.25, -0.2) is 13.2 Å². The second-order valence-electron chi connectivity index (χ2n) is 4.92. The number of halogens is 4. The third-order valence-electron chi connectivity index (χ3n) is 3.21. The Morgan fingerprint density at radius 1 is 1.55 bits per heavy atom. The zero-order valence-electron chi connectivity index (χ0n) is 10.8. The van der Waals surface area contributed by atoms with Crippen molar-refractivity contribution in [2.75, 3.05) is 13.6 Å². The van der Waals surface area contributed by atoms with Crippen LogP contribution in [0.15, 0.2) is 18.2 Å². The van der Waals surface area contributed by atoms with Gasteiger partial charge < -0.3 is 4.90 Å². The van der Waals surface area contributed by atoms with Crippen molar-refractivity contribution in [1.82, 2.24) is 10.2 Å². The molecule has 1 saturated heterocycles. The maximum absolute atomic E-state index is 13.1. The summed E-state index contributed by atoms with van der Waals surface area (Å²) >= 11 is 5.87. The summed E-state index contributed by atoms with van der Waals surface area (Å²) in [6, 6.07) is 2.96. The molecule has 0 spiro atoms. The average molecular weight is 307 g/mol. The van der Waals surface area contributed by atoms with Crippen LogP contribution < -0.4 is 5.32 Å². The van der Waals surface area contributed by atoms with Gasteiger partial charge in [-0.05, 0) is 17.7 Å². The Kier molecular flexibility index (Phi) is 4.25. The van der Waals surface area contributed by atoms with E-state index in [1.54, 1.807) is 0 Å². The van der Waals surface area contributed by atoms with Crippen molar-refractivity contribution in [2.45, 2.75) is 24.9 Å². The molecule has 1 heterocycles. The fourth-order valence-corrected chi connectivity index (χ4v) is 2.37. The van der Waals surface area contributed by atoms with E-state index < -0.39 is 36.7 Å². The highest BCUT2D eigenvalue weighted by atomic mass is 35.5. The predicted molar refractivity (Wildman–Crippen MR) is 69.2 cm³/mol. The van der Waals surface area contributed by atoms with Gasteiger partial charge in [-0.15, -0.1) is 0 Å². The summed E-state index contributed by atoms with van der Waals surface area (Å²) in [6.45, 7) is -0.351. The predicted octanol–water partition coefficient (Wildman–Crippen LogP) is 2.43. The van der Waals surface area contributed by atoms with Crippen LogP contribution in [0, 0.1) is 5.82 Å². The number of hydrogen-bond donors (Lipinski definition) is 1. The van der Waals surface area contributed by atoms with Gasteiger partial charge in [-0.2, -0.15) is 0 Å². The second-order valence-corrected chi connectivity index (χ2v) is 5.33. The minimum Gasteiger partial charge on any atom is -0.340 e. The molecule has 1 atom stereocenters. The smallest absolute Gasteiger partial charge is 0.262 e. The fourth-order valence-electron chi connectivity index (χ4n) is 2.14. The first-order valence-corrected chi connectivity index (χ1v) is 6.46. The SMILES string of the molecule is CN(Cc1ccc(F)cc1Cl)C(=O)C1CC(F)(F)CN1. The maximum atomic E-state index is 13.1. The molecule has 1 unspecified atom stereocenters. The molecule has 3 nitrogen and oxygen atoms in total. The molecule has 110 valence electrons. The first-order chi connectivity index (χ1) is 9.28. The molecular weight excluding hydrogens is 293 g/mol. The molecule has 0 bridgehead atoms. The molecule has 0 saturated carbocycles. The van der Waals surface area contributed by atoms with Crippen LogP contribution in [0.3, 0.4) is 0 Å². The molecule has 1 amide bonds. The molecule has 1 aromatic carbocycles. The van der Waals surface area contributed by atoms with Crippen molar-refractivity contribution in [3.8, 4) is 0 Å². The maximum Gasteiger partial charge on any atom is 0.262 e. The summed E-state index contributed by atoms with van der Waals surface area (Å²) in [5, 5.41) is 2.71. The third kappa shape index (κ3) is 3.43. The monoisotopic (exact) mass is 306 g/mol. The van der Waals surface area contributed by atoms with Crippen molar-refractivity contribution in [3.63, 3.8) is 0 Å². The van der Waals surface area contributed by atoms with Crippen molar-refractivity contribution in [2.24, 2.45) is 0 Å². The van der Waals surface area contributed by atoms with E-state index >= 15 is 0 Å². The summed E-state index contributed by atoms with van der Waals surface area (Å²) in [5.41, 5.74) is 0.564. The van der Waals surface area contributed by atoms with Crippen LogP contribution in [0.1, 0.15) is 12.0 Å². The Labute approximate surface area is 119 Å². The molecule has 1 aromatic rings. The number of hydrogen-bond acceptors (Lipinski definition) is 2. The fraction of sp³-hybridized carbons (Fsp3) is 0.462. The minimum absolute atomic E-state index is 0.141. The van der Waals surface area contributed by atoms with Crippen LogP contribution in [0.2, 0.25) is 5.02 Å². The molecule has 0 aliphatic carbocycles. The minimum atomic E-state index is -2.85. The van der Waals surface area contributed by atoms with Gasteiger partial charge in [-0.3, -0.25) is 10.1 Å². The number of nitrogens with zero attached hydrogens (tertiary/aromatic N) is 1. The van der Waals surface area contributed by atoms with Crippen LogP contribution in [-0.4, -0.2) is 36.4 Å². The van der Waals surface area contributed by atoms with Crippen molar-refractivity contribution in [1.29, 1.82) is 0 Å². The number of likely N-dealkylation sites (N-methyl/N-ethyl adjacent to an activating group) is 1. The van der Waals surface area contributed by atoms with E-state index in [1.807, 2.05) is 0 Å². The van der Waals surface area contributed by atoms with Gasteiger partial charge in [0.1, 0.15) is 5.82 Å². The molecular formula is C13H14ClF3N2O. The van der Waals surface area contributed by atoms with Crippen LogP contribution >= 0.6 is 11.6 Å². The number of carbonyl (C=O) groups is 1. The zero-order valence-corrected chi connectivity index (χ0v) is 11.6. The standard InChI is InChI=1S/C13H14ClF3N2O/c1-19(6-8-2-3-9(15)4-10(8)14)12(20)11-5-13(16,17)7-18-11/h2-4,11,18H,5-7H2,1H3. The Hall–Kier alpha value is -1.27. The van der Waals surface area contributed by atoms with Gasteiger partial charge >= 0.3 is 0 Å². The largest absolute Gasteiger partial charge is 0.340 e. The molecule has 0 aromatic heterocycles. The normalized spacial score (nSPS) is 20.9. The van der Waals surface area contributed by atoms with Crippen molar-refractivity contribution < 1.29 is 18.0 Å². The lowest BCUT2D eigenvalue weighted by atomic mass is 10.1. The lowest BCUT2D eigenvalue weighted by molar-refractivity contribution is -0.132. The number of rotatable bonds is 3. The second kappa shape index (κ2) is 5.61. The van der Waals surface area contributed by atoms with E-state index in [9.17, 15) is 18.0 Å². The van der Waals surface area contributed by atoms with Crippen molar-refractivity contribution in [3.05, 3.63) is 34.6 Å². The number of nitrogens with one attached hydrogen (secondary N) is 1. The molecule has 1 fully saturated rings. The van der Waals surface area contributed by atoms with E-state index in [1.165, 1.54) is 24.1 Å². The van der Waals surface area contributed by atoms with E-state index in [4.69, 9.17) is 11.6 Å². The highest BCUT2D eigenvalue weighted by Gasteiger charge is 2.43. The molecule has 7 heteroatoms. The summed E-state index contributed by atoms with van der Waals surface area (Å²) in [6.07, 6.45) is -0.507. The number of carbonyl (C=O) groups excluding carboxylic acids is 1. The van der Waals surface area contributed by atoms with Crippen LogP contribution in [0.4, 0.5) is 13.2 Å². The van der Waals surface area contributed by atoms with Gasteiger partial charge in [0, 0.05) is 25.0 Å². The molecule has 1 N–H and O–H groups in total. The Balaban J connectivity index is 2.01. The van der Waals surface area contributed by atoms with E-state index in [2.05, 4.69) is 5.32 Å². The number of alkyl halides is 2. The van der Waals surface area contributed by atoms with Gasteiger partial charge in [0.25, 0.3) is 5.92 Å². The van der Waals surface area contributed by atoms with Crippen LogP contribution in [0.5, 0.6) is 0 Å². The Morgan fingerprint density at radius 2 is 2.25 bits per heavy atom. The average Bonchev–Trinajstić information content (AvgIpc) is 2.72. The first-order valence-electron chi connectivity index (χ1n) is 6.08. The van der Waals surface area contributed by atoms with Gasteiger partial charge in [0.15, 0.2) is 0 Å². The molecule has 2 rings (SSSR count). The summed E-state index contributed by atoms with van der Waals surface area (Å²) in [7, 11) is 1.50. The first kappa shape index (κ1) is 15.1. The van der Waals surface area contributed by atoms with Gasteiger partial charge in [-0.1, -0.05) is 17.7 Å². The van der Waals surface area contributed by atoms with Crippen molar-refractivity contribution >= 4 is 17.5 Å². The summed E-state index contributed by atoms with van der Waals surface area (Å²) < 4.78 is 39.0. The lowest BCUT2D eigenvalue weighted by Crippen LogP contribution is -2.41. The molecule has 1 aliphatic heterocycles. The highest BCUT2D eigenvalue weighted by molar-refractivity contribution is 6.31. The lowest BCUT2D eigenvalue weighted by Gasteiger charge is -2.21. The summed E-state index contributed by atoms with van der Waals surface area (Å²) in [5.74, 6) is -3.75. The summed E-state index contributed by atoms with van der Waals surface area (Å²) in [4.78, 5) is 13.3. The molecule has 20 heavy (non-hydrogen) atoms. The van der Waals surface area contributed by atoms with E-state index in [0.717, 1.165) is 6.07 Å². The molecule has 0 radical (unpaired) electrons. The quantitative estimate of drug-likeness (QED) is 0.930. The van der Waals surface area contributed by atoms with E-state index in [0.29, 0.717) is 5.56 Å². The van der Waals surface area contributed by atoms with Gasteiger partial charge in [0.2, 0.25) is 5.91 Å².